The Balaban J connectivity index is 1.17. The highest BCUT2D eigenvalue weighted by molar-refractivity contribution is 7.80. The second kappa shape index (κ2) is 10.6. The molecule has 5 rings (SSSR count). The molecule has 5 aromatic rings. The zero-order chi connectivity index (χ0) is 25.9. The normalized spacial score (nSPS) is 11.2. The van der Waals surface area contributed by atoms with Crippen LogP contribution in [0.4, 0.5) is 5.69 Å². The summed E-state index contributed by atoms with van der Waals surface area (Å²) in [5.41, 5.74) is 4.86. The maximum absolute atomic E-state index is 12.3. The lowest BCUT2D eigenvalue weighted by atomic mass is 10.2. The Hall–Kier alpha value is -3.91. The third kappa shape index (κ3) is 5.75. The molecular weight excluding hydrogens is 529 g/mol. The van der Waals surface area contributed by atoms with Crippen molar-refractivity contribution in [2.75, 3.05) is 5.32 Å². The van der Waals surface area contributed by atoms with Gasteiger partial charge in [0.15, 0.2) is 10.7 Å². The summed E-state index contributed by atoms with van der Waals surface area (Å²) in [5, 5.41) is 6.59. The van der Waals surface area contributed by atoms with Gasteiger partial charge >= 0.3 is 0 Å². The van der Waals surface area contributed by atoms with Crippen molar-refractivity contribution in [2.45, 2.75) is 6.92 Å². The fraction of sp³-hybridized carbons (Fsp3) is 0.0357. The summed E-state index contributed by atoms with van der Waals surface area (Å²) in [6.07, 6.45) is 2.87. The lowest BCUT2D eigenvalue weighted by Gasteiger charge is -2.08. The lowest BCUT2D eigenvalue weighted by molar-refractivity contribution is -0.115. The van der Waals surface area contributed by atoms with Crippen LogP contribution in [0.25, 0.3) is 40.0 Å². The molecule has 2 heterocycles. The first-order valence-electron chi connectivity index (χ1n) is 11.2. The number of benzene rings is 3. The van der Waals surface area contributed by atoms with Gasteiger partial charge < -0.3 is 14.2 Å². The molecule has 0 unspecified atom stereocenters. The molecule has 0 aliphatic heterocycles. The van der Waals surface area contributed by atoms with Gasteiger partial charge in [0, 0.05) is 22.9 Å². The van der Waals surface area contributed by atoms with Crippen LogP contribution in [0.15, 0.2) is 87.7 Å². The summed E-state index contributed by atoms with van der Waals surface area (Å²) < 4.78 is 11.6. The van der Waals surface area contributed by atoms with Crippen LogP contribution < -0.4 is 10.6 Å². The minimum Gasteiger partial charge on any atom is -0.457 e. The van der Waals surface area contributed by atoms with Gasteiger partial charge in [0.1, 0.15) is 17.0 Å². The van der Waals surface area contributed by atoms with Crippen LogP contribution in [-0.2, 0) is 4.79 Å². The summed E-state index contributed by atoms with van der Waals surface area (Å²) in [4.78, 5) is 16.8. The maximum Gasteiger partial charge on any atom is 0.250 e. The minimum absolute atomic E-state index is 0.158. The summed E-state index contributed by atoms with van der Waals surface area (Å²) in [7, 11) is 0. The van der Waals surface area contributed by atoms with Crippen molar-refractivity contribution in [1.82, 2.24) is 10.3 Å². The zero-order valence-corrected chi connectivity index (χ0v) is 21.7. The van der Waals surface area contributed by atoms with Crippen molar-refractivity contribution in [2.24, 2.45) is 0 Å². The molecule has 2 aromatic heterocycles. The molecule has 0 radical (unpaired) electrons. The van der Waals surface area contributed by atoms with Crippen LogP contribution in [0, 0.1) is 6.92 Å². The Morgan fingerprint density at radius 1 is 1.00 bits per heavy atom. The fourth-order valence-corrected chi connectivity index (χ4v) is 4.22. The molecule has 0 saturated heterocycles. The number of anilines is 1. The van der Waals surface area contributed by atoms with Gasteiger partial charge in [0.05, 0.1) is 10.0 Å². The molecule has 3 aromatic carbocycles. The summed E-state index contributed by atoms with van der Waals surface area (Å²) >= 11 is 17.6. The van der Waals surface area contributed by atoms with E-state index in [0.717, 1.165) is 22.2 Å². The number of furan rings is 1. The SMILES string of the molecule is Cc1ccc2nc(-c3ccc(NC(=S)NC(=O)C=Cc4ccc(-c5cccc(Cl)c5Cl)o4)cc3)oc2c1. The van der Waals surface area contributed by atoms with Crippen molar-refractivity contribution >= 4 is 69.3 Å². The topological polar surface area (TPSA) is 80.3 Å². The number of aryl methyl sites for hydroxylation is 1. The molecule has 0 spiro atoms. The van der Waals surface area contributed by atoms with Crippen LogP contribution in [-0.4, -0.2) is 16.0 Å². The Morgan fingerprint density at radius 3 is 2.62 bits per heavy atom. The summed E-state index contributed by atoms with van der Waals surface area (Å²) in [5.74, 6) is 1.15. The molecule has 2 N–H and O–H groups in total. The van der Waals surface area contributed by atoms with Crippen LogP contribution in [0.5, 0.6) is 0 Å². The maximum atomic E-state index is 12.3. The van der Waals surface area contributed by atoms with E-state index in [1.807, 2.05) is 49.4 Å². The standard InChI is InChI=1S/C28H19Cl2N3O3S/c1-16-5-12-22-24(15-16)36-27(32-22)17-6-8-18(9-7-17)31-28(37)33-25(34)14-11-19-10-13-23(35-19)20-3-2-4-21(29)26(20)30/h2-15H,1H3,(H2,31,33,34,37). The van der Waals surface area contributed by atoms with Gasteiger partial charge in [0.2, 0.25) is 11.8 Å². The van der Waals surface area contributed by atoms with Crippen molar-refractivity contribution < 1.29 is 13.6 Å². The number of oxazole rings is 1. The molecule has 0 fully saturated rings. The van der Waals surface area contributed by atoms with E-state index < -0.39 is 5.91 Å². The van der Waals surface area contributed by atoms with E-state index in [9.17, 15) is 4.79 Å². The van der Waals surface area contributed by atoms with Crippen molar-refractivity contribution in [3.63, 3.8) is 0 Å². The smallest absolute Gasteiger partial charge is 0.250 e. The minimum atomic E-state index is -0.408. The molecule has 0 aliphatic rings. The number of hydrogen-bond acceptors (Lipinski definition) is 5. The lowest BCUT2D eigenvalue weighted by Crippen LogP contribution is -2.32. The number of rotatable bonds is 5. The largest absolute Gasteiger partial charge is 0.457 e. The molecule has 0 bridgehead atoms. The first-order chi connectivity index (χ1) is 17.9. The average Bonchev–Trinajstić information content (AvgIpc) is 3.52. The number of aromatic nitrogens is 1. The highest BCUT2D eigenvalue weighted by atomic mass is 35.5. The number of carbonyl (C=O) groups is 1. The number of amides is 1. The highest BCUT2D eigenvalue weighted by Crippen LogP contribution is 2.34. The Morgan fingerprint density at radius 2 is 1.81 bits per heavy atom. The van der Waals surface area contributed by atoms with Crippen LogP contribution >= 0.6 is 35.4 Å². The molecule has 6 nitrogen and oxygen atoms in total. The van der Waals surface area contributed by atoms with E-state index in [-0.39, 0.29) is 5.11 Å². The second-order valence-electron chi connectivity index (χ2n) is 8.15. The summed E-state index contributed by atoms with van der Waals surface area (Å²) in [6, 6.07) is 22.0. The third-order valence-corrected chi connectivity index (χ3v) is 6.44. The number of hydrogen-bond donors (Lipinski definition) is 2. The van der Waals surface area contributed by atoms with E-state index in [0.29, 0.717) is 38.7 Å². The van der Waals surface area contributed by atoms with Crippen molar-refractivity contribution in [3.8, 4) is 22.8 Å². The molecule has 0 saturated carbocycles. The third-order valence-electron chi connectivity index (χ3n) is 5.41. The van der Waals surface area contributed by atoms with Gasteiger partial charge in [-0.25, -0.2) is 4.98 Å². The van der Waals surface area contributed by atoms with Gasteiger partial charge in [-0.3, -0.25) is 10.1 Å². The quantitative estimate of drug-likeness (QED) is 0.172. The predicted molar refractivity (Wildman–Crippen MR) is 152 cm³/mol. The second-order valence-corrected chi connectivity index (χ2v) is 9.34. The van der Waals surface area contributed by atoms with Gasteiger partial charge in [-0.15, -0.1) is 0 Å². The number of halogens is 2. The highest BCUT2D eigenvalue weighted by Gasteiger charge is 2.11. The Kier molecular flexibility index (Phi) is 7.10. The van der Waals surface area contributed by atoms with Crippen LogP contribution in [0.3, 0.4) is 0 Å². The Labute approximate surface area is 227 Å². The number of nitrogens with zero attached hydrogens (tertiary/aromatic N) is 1. The number of fused-ring (bicyclic) bond motifs is 1. The van der Waals surface area contributed by atoms with E-state index in [1.54, 1.807) is 30.3 Å². The van der Waals surface area contributed by atoms with Gasteiger partial charge in [-0.1, -0.05) is 35.3 Å². The zero-order valence-electron chi connectivity index (χ0n) is 19.4. The van der Waals surface area contributed by atoms with E-state index in [1.165, 1.54) is 12.2 Å². The van der Waals surface area contributed by atoms with E-state index >= 15 is 0 Å². The van der Waals surface area contributed by atoms with Crippen molar-refractivity contribution in [3.05, 3.63) is 100 Å². The molecule has 184 valence electrons. The molecular formula is C28H19Cl2N3O3S. The molecule has 9 heteroatoms. The number of carbonyl (C=O) groups excluding carboxylic acids is 1. The van der Waals surface area contributed by atoms with E-state index in [4.69, 9.17) is 44.3 Å². The Bertz CT molecular complexity index is 1660. The fourth-order valence-electron chi connectivity index (χ4n) is 3.61. The summed E-state index contributed by atoms with van der Waals surface area (Å²) in [6.45, 7) is 2.01. The number of thiocarbonyl (C=S) groups is 1. The average molecular weight is 548 g/mol. The van der Waals surface area contributed by atoms with Crippen molar-refractivity contribution in [1.29, 1.82) is 0 Å². The van der Waals surface area contributed by atoms with Crippen LogP contribution in [0.1, 0.15) is 11.3 Å². The molecule has 37 heavy (non-hydrogen) atoms. The van der Waals surface area contributed by atoms with Gasteiger partial charge in [-0.2, -0.15) is 0 Å². The predicted octanol–water partition coefficient (Wildman–Crippen LogP) is 7.90. The molecule has 1 amide bonds. The van der Waals surface area contributed by atoms with Gasteiger partial charge in [-0.05, 0) is 91.4 Å². The number of nitrogens with one attached hydrogen (secondary N) is 2. The van der Waals surface area contributed by atoms with Crippen LogP contribution in [0.2, 0.25) is 10.0 Å². The first-order valence-corrected chi connectivity index (χ1v) is 12.3. The molecule has 0 atom stereocenters. The van der Waals surface area contributed by atoms with Gasteiger partial charge in [0.25, 0.3) is 0 Å². The first kappa shape index (κ1) is 24.8. The molecule has 0 aliphatic carbocycles. The van der Waals surface area contributed by atoms with E-state index in [2.05, 4.69) is 15.6 Å². The monoisotopic (exact) mass is 547 g/mol.